The molecule has 0 aliphatic heterocycles. The second-order valence-corrected chi connectivity index (χ2v) is 1.96. The lowest BCUT2D eigenvalue weighted by Gasteiger charge is -1.48. The molecule has 1 saturated carbocycles. The molecule has 1 aliphatic rings. The third-order valence-electron chi connectivity index (χ3n) is 0.604. The third-order valence-corrected chi connectivity index (χ3v) is 0.604. The van der Waals surface area contributed by atoms with Crippen LogP contribution in [0, 0.1) is 0 Å². The van der Waals surface area contributed by atoms with Gasteiger partial charge in [0.05, 0.1) is 0 Å². The molecule has 0 bridgehead atoms. The van der Waals surface area contributed by atoms with Gasteiger partial charge in [-0.3, -0.25) is 0 Å². The van der Waals surface area contributed by atoms with Crippen LogP contribution >= 0.6 is 0 Å². The number of hydrogen-bond acceptors (Lipinski definition) is 0. The molecule has 0 heterocycles. The third kappa shape index (κ3) is 34.0. The SMILES string of the molecule is C=C1CC1.CC.CCC. The van der Waals surface area contributed by atoms with Crippen LogP contribution in [0.3, 0.4) is 0 Å². The highest BCUT2D eigenvalue weighted by Crippen LogP contribution is 2.23. The molecule has 0 nitrogen and oxygen atoms in total. The van der Waals surface area contributed by atoms with Crippen molar-refractivity contribution in [2.24, 2.45) is 0 Å². The summed E-state index contributed by atoms with van der Waals surface area (Å²) in [6.07, 6.45) is 3.83. The van der Waals surface area contributed by atoms with Crippen molar-refractivity contribution in [1.82, 2.24) is 0 Å². The van der Waals surface area contributed by atoms with E-state index in [1.807, 2.05) is 13.8 Å². The molecule has 0 amide bonds. The van der Waals surface area contributed by atoms with Gasteiger partial charge in [-0.15, -0.1) is 0 Å². The van der Waals surface area contributed by atoms with Crippen molar-refractivity contribution < 1.29 is 0 Å². The van der Waals surface area contributed by atoms with E-state index in [9.17, 15) is 0 Å². The normalized spacial score (nSPS) is 12.2. The molecule has 0 spiro atoms. The molecule has 0 atom stereocenters. The smallest absolute Gasteiger partial charge is 0.0286 e. The van der Waals surface area contributed by atoms with Gasteiger partial charge in [-0.2, -0.15) is 0 Å². The molecule has 0 aromatic carbocycles. The first-order valence-electron chi connectivity index (χ1n) is 3.97. The maximum atomic E-state index is 3.67. The summed E-state index contributed by atoms with van der Waals surface area (Å²) in [7, 11) is 0. The molecule has 9 heavy (non-hydrogen) atoms. The largest absolute Gasteiger partial charge is 0.0998 e. The van der Waals surface area contributed by atoms with Gasteiger partial charge >= 0.3 is 0 Å². The van der Waals surface area contributed by atoms with Crippen molar-refractivity contribution >= 4 is 0 Å². The molecule has 0 aromatic heterocycles. The van der Waals surface area contributed by atoms with Crippen molar-refractivity contribution in [3.8, 4) is 0 Å². The summed E-state index contributed by atoms with van der Waals surface area (Å²) in [4.78, 5) is 0. The monoisotopic (exact) mass is 128 g/mol. The minimum Gasteiger partial charge on any atom is -0.0998 e. The predicted molar refractivity (Wildman–Crippen MR) is 45.7 cm³/mol. The van der Waals surface area contributed by atoms with Crippen molar-refractivity contribution in [2.75, 3.05) is 0 Å². The van der Waals surface area contributed by atoms with Gasteiger partial charge in [0.2, 0.25) is 0 Å². The lowest BCUT2D eigenvalue weighted by Crippen LogP contribution is -1.27. The second kappa shape index (κ2) is 10.7. The first kappa shape index (κ1) is 11.5. The Morgan fingerprint density at radius 2 is 1.33 bits per heavy atom. The van der Waals surface area contributed by atoms with E-state index in [4.69, 9.17) is 0 Å². The van der Waals surface area contributed by atoms with Crippen LogP contribution in [0.4, 0.5) is 0 Å². The van der Waals surface area contributed by atoms with Gasteiger partial charge in [-0.25, -0.2) is 0 Å². The minimum atomic E-state index is 1.25. The maximum Gasteiger partial charge on any atom is -0.0286 e. The molecule has 1 fully saturated rings. The predicted octanol–water partition coefficient (Wildman–Crippen LogP) is 3.78. The van der Waals surface area contributed by atoms with Crippen LogP contribution in [-0.2, 0) is 0 Å². The van der Waals surface area contributed by atoms with Gasteiger partial charge in [0, 0.05) is 0 Å². The highest BCUT2D eigenvalue weighted by Gasteiger charge is 2.04. The zero-order valence-electron chi connectivity index (χ0n) is 7.33. The van der Waals surface area contributed by atoms with Gasteiger partial charge < -0.3 is 0 Å². The zero-order valence-corrected chi connectivity index (χ0v) is 7.33. The van der Waals surface area contributed by atoms with Gasteiger partial charge in [0.1, 0.15) is 0 Å². The summed E-state index contributed by atoms with van der Waals surface area (Å²) in [5.41, 5.74) is 1.42. The molecule has 1 rings (SSSR count). The van der Waals surface area contributed by atoms with Crippen LogP contribution in [-0.4, -0.2) is 0 Å². The average molecular weight is 128 g/mol. The first-order valence-corrected chi connectivity index (χ1v) is 3.97. The Morgan fingerprint density at radius 3 is 1.33 bits per heavy atom. The van der Waals surface area contributed by atoms with E-state index in [1.54, 1.807) is 0 Å². The van der Waals surface area contributed by atoms with E-state index in [2.05, 4.69) is 20.4 Å². The average Bonchev–Trinajstić information content (AvgIpc) is 2.59. The summed E-state index contributed by atoms with van der Waals surface area (Å²) in [5, 5.41) is 0. The molecule has 0 heteroatoms. The summed E-state index contributed by atoms with van der Waals surface area (Å²) >= 11 is 0. The Labute approximate surface area is 60.0 Å². The van der Waals surface area contributed by atoms with E-state index in [-0.39, 0.29) is 0 Å². The highest BCUT2D eigenvalue weighted by atomic mass is 14.1. The van der Waals surface area contributed by atoms with Crippen LogP contribution in [0.5, 0.6) is 0 Å². The molecule has 0 aromatic rings. The molecule has 0 radical (unpaired) electrons. The molecular weight excluding hydrogens is 108 g/mol. The van der Waals surface area contributed by atoms with E-state index >= 15 is 0 Å². The van der Waals surface area contributed by atoms with Crippen molar-refractivity contribution in [2.45, 2.75) is 47.0 Å². The number of hydrogen-bond donors (Lipinski definition) is 0. The molecule has 0 N–H and O–H groups in total. The van der Waals surface area contributed by atoms with Crippen molar-refractivity contribution in [3.63, 3.8) is 0 Å². The van der Waals surface area contributed by atoms with Gasteiger partial charge in [-0.1, -0.05) is 46.3 Å². The molecule has 56 valence electrons. The minimum absolute atomic E-state index is 1.25. The molecule has 0 unspecified atom stereocenters. The van der Waals surface area contributed by atoms with Gasteiger partial charge in [0.15, 0.2) is 0 Å². The van der Waals surface area contributed by atoms with Crippen LogP contribution in [0.1, 0.15) is 47.0 Å². The van der Waals surface area contributed by atoms with Gasteiger partial charge in [-0.05, 0) is 12.8 Å². The van der Waals surface area contributed by atoms with Crippen molar-refractivity contribution in [1.29, 1.82) is 0 Å². The zero-order chi connectivity index (χ0) is 7.70. The standard InChI is InChI=1S/C4H6.C3H8.C2H6/c1-4-2-3-4;1-3-2;1-2/h1-3H2;3H2,1-2H3;1-2H3. The van der Waals surface area contributed by atoms with Gasteiger partial charge in [0.25, 0.3) is 0 Å². The topological polar surface area (TPSA) is 0 Å². The fourth-order valence-corrected chi connectivity index (χ4v) is 0.0884. The summed E-state index contributed by atoms with van der Waals surface area (Å²) in [6, 6.07) is 0. The lowest BCUT2D eigenvalue weighted by atomic mass is 10.6. The Balaban J connectivity index is 0. The Morgan fingerprint density at radius 1 is 1.22 bits per heavy atom. The van der Waals surface area contributed by atoms with E-state index in [0.29, 0.717) is 0 Å². The quantitative estimate of drug-likeness (QED) is 0.435. The van der Waals surface area contributed by atoms with Crippen LogP contribution in [0.2, 0.25) is 0 Å². The summed E-state index contributed by atoms with van der Waals surface area (Å²) < 4.78 is 0. The maximum absolute atomic E-state index is 3.67. The van der Waals surface area contributed by atoms with Crippen molar-refractivity contribution in [3.05, 3.63) is 12.2 Å². The molecule has 1 aliphatic carbocycles. The highest BCUT2D eigenvalue weighted by molar-refractivity contribution is 5.09. The molecular formula is C9H20. The van der Waals surface area contributed by atoms with E-state index in [1.165, 1.54) is 24.8 Å². The number of rotatable bonds is 0. The van der Waals surface area contributed by atoms with Crippen LogP contribution in [0.15, 0.2) is 12.2 Å². The number of allylic oxidation sites excluding steroid dienone is 1. The fourth-order valence-electron chi connectivity index (χ4n) is 0.0884. The van der Waals surface area contributed by atoms with E-state index in [0.717, 1.165) is 0 Å². The second-order valence-electron chi connectivity index (χ2n) is 1.96. The van der Waals surface area contributed by atoms with Crippen LogP contribution < -0.4 is 0 Å². The molecule has 0 saturated heterocycles. The Bertz CT molecular complexity index is 47.1. The Hall–Kier alpha value is -0.260. The van der Waals surface area contributed by atoms with E-state index < -0.39 is 0 Å². The lowest BCUT2D eigenvalue weighted by molar-refractivity contribution is 1.09. The first-order chi connectivity index (χ1) is 4.31. The summed E-state index contributed by atoms with van der Waals surface area (Å²) in [6.45, 7) is 11.9. The van der Waals surface area contributed by atoms with Crippen LogP contribution in [0.25, 0.3) is 0 Å². The summed E-state index contributed by atoms with van der Waals surface area (Å²) in [5.74, 6) is 0. The Kier molecular flexibility index (Phi) is 13.7. The fraction of sp³-hybridized carbons (Fsp3) is 0.778.